The number of rotatable bonds is 3. The molecule has 0 aliphatic carbocycles. The van der Waals surface area contributed by atoms with Crippen LogP contribution >= 0.6 is 15.9 Å². The molecule has 0 aliphatic heterocycles. The highest BCUT2D eigenvalue weighted by Crippen LogP contribution is 2.31. The first kappa shape index (κ1) is 13.6. The van der Waals surface area contributed by atoms with Gasteiger partial charge in [0.1, 0.15) is 5.75 Å². The van der Waals surface area contributed by atoms with E-state index in [4.69, 9.17) is 15.0 Å². The third-order valence-corrected chi connectivity index (χ3v) is 3.65. The van der Waals surface area contributed by atoms with E-state index in [2.05, 4.69) is 26.1 Å². The normalized spacial score (nSPS) is 10.6. The molecule has 0 aliphatic rings. The second-order valence-corrected chi connectivity index (χ2v) is 5.21. The Morgan fingerprint density at radius 2 is 2.00 bits per heavy atom. The average molecular weight is 346 g/mol. The average Bonchev–Trinajstić information content (AvgIpc) is 2.97. The van der Waals surface area contributed by atoms with Crippen LogP contribution in [0.15, 0.2) is 51.5 Å². The van der Waals surface area contributed by atoms with E-state index in [9.17, 15) is 0 Å². The number of nitrogen functional groups attached to an aromatic ring is 1. The van der Waals surface area contributed by atoms with Gasteiger partial charge in [-0.3, -0.25) is 0 Å². The van der Waals surface area contributed by atoms with Gasteiger partial charge in [0, 0.05) is 16.8 Å². The first-order valence-corrected chi connectivity index (χ1v) is 7.01. The van der Waals surface area contributed by atoms with Crippen molar-refractivity contribution in [1.29, 1.82) is 0 Å². The maximum atomic E-state index is 5.92. The molecular weight excluding hydrogens is 334 g/mol. The van der Waals surface area contributed by atoms with Gasteiger partial charge in [0.2, 0.25) is 5.82 Å². The van der Waals surface area contributed by atoms with Crippen molar-refractivity contribution >= 4 is 21.6 Å². The van der Waals surface area contributed by atoms with Crippen molar-refractivity contribution in [3.8, 4) is 28.6 Å². The monoisotopic (exact) mass is 345 g/mol. The lowest BCUT2D eigenvalue weighted by molar-refractivity contribution is 0.411. The number of nitrogens with zero attached hydrogens (tertiary/aromatic N) is 2. The van der Waals surface area contributed by atoms with Gasteiger partial charge in [0.15, 0.2) is 0 Å². The van der Waals surface area contributed by atoms with Crippen LogP contribution in [0.2, 0.25) is 0 Å². The van der Waals surface area contributed by atoms with Crippen LogP contribution < -0.4 is 10.5 Å². The van der Waals surface area contributed by atoms with E-state index in [-0.39, 0.29) is 0 Å². The lowest BCUT2D eigenvalue weighted by atomic mass is 10.1. The molecule has 0 atom stereocenters. The molecule has 21 heavy (non-hydrogen) atoms. The Hall–Kier alpha value is -2.34. The SMILES string of the molecule is COc1ccc(-c2nc(-c3ccccc3N)no2)cc1Br. The molecule has 0 saturated carbocycles. The van der Waals surface area contributed by atoms with E-state index >= 15 is 0 Å². The quantitative estimate of drug-likeness (QED) is 0.731. The van der Waals surface area contributed by atoms with Crippen LogP contribution in [0.25, 0.3) is 22.8 Å². The molecule has 0 bridgehead atoms. The Bertz CT molecular complexity index is 786. The number of hydrogen-bond donors (Lipinski definition) is 1. The Labute approximate surface area is 129 Å². The number of para-hydroxylation sites is 1. The van der Waals surface area contributed by atoms with Crippen LogP contribution in [0.1, 0.15) is 0 Å². The molecule has 0 unspecified atom stereocenters. The molecule has 2 N–H and O–H groups in total. The zero-order valence-corrected chi connectivity index (χ0v) is 12.8. The van der Waals surface area contributed by atoms with E-state index in [1.807, 2.05) is 36.4 Å². The minimum Gasteiger partial charge on any atom is -0.496 e. The number of methoxy groups -OCH3 is 1. The molecule has 1 aromatic heterocycles. The molecule has 0 saturated heterocycles. The maximum absolute atomic E-state index is 5.92. The fourth-order valence-electron chi connectivity index (χ4n) is 1.95. The molecular formula is C15H12BrN3O2. The minimum atomic E-state index is 0.427. The van der Waals surface area contributed by atoms with Gasteiger partial charge in [-0.15, -0.1) is 0 Å². The summed E-state index contributed by atoms with van der Waals surface area (Å²) in [6, 6.07) is 13.0. The highest BCUT2D eigenvalue weighted by molar-refractivity contribution is 9.10. The molecule has 1 heterocycles. The molecule has 0 fully saturated rings. The minimum absolute atomic E-state index is 0.427. The van der Waals surface area contributed by atoms with Crippen molar-refractivity contribution in [3.05, 3.63) is 46.9 Å². The van der Waals surface area contributed by atoms with Crippen molar-refractivity contribution in [2.75, 3.05) is 12.8 Å². The smallest absolute Gasteiger partial charge is 0.258 e. The largest absolute Gasteiger partial charge is 0.496 e. The van der Waals surface area contributed by atoms with Gasteiger partial charge in [-0.25, -0.2) is 0 Å². The fraction of sp³-hybridized carbons (Fsp3) is 0.0667. The van der Waals surface area contributed by atoms with Crippen molar-refractivity contribution in [2.45, 2.75) is 0 Å². The Morgan fingerprint density at radius 3 is 2.71 bits per heavy atom. The molecule has 0 radical (unpaired) electrons. The van der Waals surface area contributed by atoms with Crippen LogP contribution in [0, 0.1) is 0 Å². The summed E-state index contributed by atoms with van der Waals surface area (Å²) in [5.41, 5.74) is 8.08. The molecule has 106 valence electrons. The van der Waals surface area contributed by atoms with Crippen molar-refractivity contribution in [3.63, 3.8) is 0 Å². The summed E-state index contributed by atoms with van der Waals surface area (Å²) in [7, 11) is 1.61. The molecule has 0 spiro atoms. The van der Waals surface area contributed by atoms with Gasteiger partial charge in [0.25, 0.3) is 5.89 Å². The van der Waals surface area contributed by atoms with Gasteiger partial charge in [-0.2, -0.15) is 4.98 Å². The van der Waals surface area contributed by atoms with Crippen LogP contribution in [-0.2, 0) is 0 Å². The second kappa shape index (κ2) is 5.57. The standard InChI is InChI=1S/C15H12BrN3O2/c1-20-13-7-6-9(8-11(13)16)15-18-14(19-21-15)10-4-2-3-5-12(10)17/h2-8H,17H2,1H3. The fourth-order valence-corrected chi connectivity index (χ4v) is 2.49. The van der Waals surface area contributed by atoms with Crippen LogP contribution in [0.3, 0.4) is 0 Å². The summed E-state index contributed by atoms with van der Waals surface area (Å²) in [5, 5.41) is 3.98. The van der Waals surface area contributed by atoms with E-state index in [1.165, 1.54) is 0 Å². The van der Waals surface area contributed by atoms with Gasteiger partial charge in [-0.1, -0.05) is 17.3 Å². The maximum Gasteiger partial charge on any atom is 0.258 e. The number of hydrogen-bond acceptors (Lipinski definition) is 5. The number of ether oxygens (including phenoxy) is 1. The van der Waals surface area contributed by atoms with E-state index < -0.39 is 0 Å². The van der Waals surface area contributed by atoms with Gasteiger partial charge in [-0.05, 0) is 46.3 Å². The Balaban J connectivity index is 1.99. The third kappa shape index (κ3) is 2.62. The van der Waals surface area contributed by atoms with Gasteiger partial charge in [0.05, 0.1) is 11.6 Å². The van der Waals surface area contributed by atoms with E-state index in [0.717, 1.165) is 21.3 Å². The van der Waals surface area contributed by atoms with Crippen LogP contribution in [-0.4, -0.2) is 17.3 Å². The molecule has 2 aromatic carbocycles. The summed E-state index contributed by atoms with van der Waals surface area (Å²) >= 11 is 3.43. The summed E-state index contributed by atoms with van der Waals surface area (Å²) in [4.78, 5) is 4.39. The number of halogens is 1. The first-order chi connectivity index (χ1) is 10.2. The summed E-state index contributed by atoms with van der Waals surface area (Å²) < 4.78 is 11.3. The Morgan fingerprint density at radius 1 is 1.19 bits per heavy atom. The van der Waals surface area contributed by atoms with Crippen molar-refractivity contribution < 1.29 is 9.26 Å². The number of benzene rings is 2. The molecule has 3 aromatic rings. The van der Waals surface area contributed by atoms with Crippen LogP contribution in [0.5, 0.6) is 5.75 Å². The highest BCUT2D eigenvalue weighted by Gasteiger charge is 2.13. The van der Waals surface area contributed by atoms with Gasteiger partial charge >= 0.3 is 0 Å². The summed E-state index contributed by atoms with van der Waals surface area (Å²) in [6.07, 6.45) is 0. The van der Waals surface area contributed by atoms with Gasteiger partial charge < -0.3 is 15.0 Å². The Kier molecular flexibility index (Phi) is 3.62. The summed E-state index contributed by atoms with van der Waals surface area (Å²) in [5.74, 6) is 1.64. The van der Waals surface area contributed by atoms with Crippen LogP contribution in [0.4, 0.5) is 5.69 Å². The highest BCUT2D eigenvalue weighted by atomic mass is 79.9. The molecule has 6 heteroatoms. The van der Waals surface area contributed by atoms with Crippen molar-refractivity contribution in [2.24, 2.45) is 0 Å². The molecule has 0 amide bonds. The second-order valence-electron chi connectivity index (χ2n) is 4.36. The predicted molar refractivity (Wildman–Crippen MR) is 83.8 cm³/mol. The van der Waals surface area contributed by atoms with E-state index in [0.29, 0.717) is 17.4 Å². The lowest BCUT2D eigenvalue weighted by Gasteiger charge is -2.03. The third-order valence-electron chi connectivity index (χ3n) is 3.03. The molecule has 5 nitrogen and oxygen atoms in total. The first-order valence-electron chi connectivity index (χ1n) is 6.21. The zero-order valence-electron chi connectivity index (χ0n) is 11.2. The lowest BCUT2D eigenvalue weighted by Crippen LogP contribution is -1.90. The zero-order chi connectivity index (χ0) is 14.8. The number of aromatic nitrogens is 2. The number of anilines is 1. The van der Waals surface area contributed by atoms with E-state index in [1.54, 1.807) is 13.2 Å². The summed E-state index contributed by atoms with van der Waals surface area (Å²) in [6.45, 7) is 0. The predicted octanol–water partition coefficient (Wildman–Crippen LogP) is 3.76. The van der Waals surface area contributed by atoms with Crippen molar-refractivity contribution in [1.82, 2.24) is 10.1 Å². The number of nitrogens with two attached hydrogens (primary N) is 1. The topological polar surface area (TPSA) is 74.2 Å². The molecule has 3 rings (SSSR count).